The first-order valence-corrected chi connectivity index (χ1v) is 14.3. The molecule has 216 valence electrons. The smallest absolute Gasteiger partial charge is 0.295 e. The topological polar surface area (TPSA) is 88.5 Å². The van der Waals surface area contributed by atoms with Crippen molar-refractivity contribution in [2.45, 2.75) is 52.5 Å². The van der Waals surface area contributed by atoms with Crippen LogP contribution in [0.3, 0.4) is 0 Å². The Labute approximate surface area is 237 Å². The summed E-state index contributed by atoms with van der Waals surface area (Å²) in [4.78, 5) is 30.8. The van der Waals surface area contributed by atoms with Gasteiger partial charge in [-0.3, -0.25) is 14.5 Å². The van der Waals surface area contributed by atoms with E-state index in [0.29, 0.717) is 55.4 Å². The summed E-state index contributed by atoms with van der Waals surface area (Å²) < 4.78 is 17.1. The SMILES string of the molecule is CCCCCOc1ccc(C2C(=C(O)c3cc(C)ccc3C)C(=O)C(=O)N2CCCN2CCOCC2)cc1OC. The number of likely N-dealkylation sites (tertiary alicyclic amines) is 1. The quantitative estimate of drug-likeness (QED) is 0.172. The summed E-state index contributed by atoms with van der Waals surface area (Å²) >= 11 is 0. The number of rotatable bonds is 12. The Balaban J connectivity index is 1.70. The highest BCUT2D eigenvalue weighted by molar-refractivity contribution is 6.46. The van der Waals surface area contributed by atoms with Gasteiger partial charge in [-0.2, -0.15) is 0 Å². The molecule has 2 heterocycles. The Bertz CT molecular complexity index is 1230. The lowest BCUT2D eigenvalue weighted by Crippen LogP contribution is -2.39. The summed E-state index contributed by atoms with van der Waals surface area (Å²) in [6, 6.07) is 10.5. The molecule has 8 nitrogen and oxygen atoms in total. The lowest BCUT2D eigenvalue weighted by Gasteiger charge is -2.29. The van der Waals surface area contributed by atoms with Crippen LogP contribution in [0.15, 0.2) is 42.0 Å². The normalized spacial score (nSPS) is 19.3. The Hall–Kier alpha value is -3.36. The fourth-order valence-corrected chi connectivity index (χ4v) is 5.39. The molecular formula is C32H42N2O6. The first kappa shape index (κ1) is 29.6. The van der Waals surface area contributed by atoms with Crippen LogP contribution in [-0.2, 0) is 14.3 Å². The van der Waals surface area contributed by atoms with Crippen LogP contribution >= 0.6 is 0 Å². The monoisotopic (exact) mass is 550 g/mol. The minimum absolute atomic E-state index is 0.101. The number of unbranched alkanes of at least 4 members (excludes halogenated alkanes) is 2. The van der Waals surface area contributed by atoms with E-state index >= 15 is 0 Å². The molecule has 2 aliphatic heterocycles. The number of carbonyl (C=O) groups is 2. The molecule has 8 heteroatoms. The van der Waals surface area contributed by atoms with Crippen molar-refractivity contribution >= 4 is 17.4 Å². The van der Waals surface area contributed by atoms with Crippen LogP contribution in [0.25, 0.3) is 5.76 Å². The number of benzene rings is 2. The average molecular weight is 551 g/mol. The number of aliphatic hydroxyl groups excluding tert-OH is 1. The first-order chi connectivity index (χ1) is 19.3. The van der Waals surface area contributed by atoms with Gasteiger partial charge in [0.25, 0.3) is 11.7 Å². The molecule has 2 aromatic carbocycles. The molecule has 0 aromatic heterocycles. The first-order valence-electron chi connectivity index (χ1n) is 14.3. The van der Waals surface area contributed by atoms with Crippen LogP contribution < -0.4 is 9.47 Å². The Kier molecular flexibility index (Phi) is 10.2. The lowest BCUT2D eigenvalue weighted by molar-refractivity contribution is -0.140. The molecule has 1 amide bonds. The molecule has 0 aliphatic carbocycles. The van der Waals surface area contributed by atoms with Crippen LogP contribution in [-0.4, -0.2) is 79.7 Å². The third-order valence-corrected chi connectivity index (χ3v) is 7.67. The van der Waals surface area contributed by atoms with Gasteiger partial charge in [-0.15, -0.1) is 0 Å². The van der Waals surface area contributed by atoms with Gasteiger partial charge < -0.3 is 24.2 Å². The maximum atomic E-state index is 13.5. The summed E-state index contributed by atoms with van der Waals surface area (Å²) in [7, 11) is 1.58. The molecular weight excluding hydrogens is 508 g/mol. The van der Waals surface area contributed by atoms with Crippen LogP contribution in [0.2, 0.25) is 0 Å². The molecule has 1 atom stereocenters. The van der Waals surface area contributed by atoms with Gasteiger partial charge in [0.1, 0.15) is 5.76 Å². The Morgan fingerprint density at radius 1 is 1.00 bits per heavy atom. The zero-order chi connectivity index (χ0) is 28.6. The summed E-state index contributed by atoms with van der Waals surface area (Å²) in [5.41, 5.74) is 3.13. The van der Waals surface area contributed by atoms with E-state index in [2.05, 4.69) is 11.8 Å². The number of aryl methyl sites for hydroxylation is 2. The second-order valence-electron chi connectivity index (χ2n) is 10.6. The number of hydrogen-bond acceptors (Lipinski definition) is 7. The number of nitrogens with zero attached hydrogens (tertiary/aromatic N) is 2. The molecule has 40 heavy (non-hydrogen) atoms. The second-order valence-corrected chi connectivity index (χ2v) is 10.6. The highest BCUT2D eigenvalue weighted by Crippen LogP contribution is 2.42. The zero-order valence-corrected chi connectivity index (χ0v) is 24.2. The molecule has 0 saturated carbocycles. The van der Waals surface area contributed by atoms with E-state index in [9.17, 15) is 14.7 Å². The van der Waals surface area contributed by atoms with E-state index in [-0.39, 0.29) is 11.3 Å². The molecule has 0 spiro atoms. The van der Waals surface area contributed by atoms with Crippen molar-refractivity contribution in [2.24, 2.45) is 0 Å². The van der Waals surface area contributed by atoms with E-state index < -0.39 is 17.7 Å². The molecule has 2 aliphatic rings. The van der Waals surface area contributed by atoms with Crippen molar-refractivity contribution in [2.75, 3.05) is 53.1 Å². The molecule has 2 saturated heterocycles. The summed E-state index contributed by atoms with van der Waals surface area (Å²) in [6.07, 6.45) is 3.82. The maximum absolute atomic E-state index is 13.5. The number of Topliss-reactive ketones (excluding diaryl/α,β-unsaturated/α-hetero) is 1. The van der Waals surface area contributed by atoms with Gasteiger partial charge in [0, 0.05) is 31.7 Å². The highest BCUT2D eigenvalue weighted by Gasteiger charge is 2.46. The molecule has 0 radical (unpaired) electrons. The van der Waals surface area contributed by atoms with E-state index in [1.165, 1.54) is 0 Å². The van der Waals surface area contributed by atoms with Gasteiger partial charge in [-0.1, -0.05) is 43.5 Å². The van der Waals surface area contributed by atoms with Crippen LogP contribution in [0, 0.1) is 13.8 Å². The number of hydrogen-bond donors (Lipinski definition) is 1. The fourth-order valence-electron chi connectivity index (χ4n) is 5.39. The second kappa shape index (κ2) is 13.8. The van der Waals surface area contributed by atoms with Crippen molar-refractivity contribution in [3.05, 3.63) is 64.2 Å². The third-order valence-electron chi connectivity index (χ3n) is 7.67. The molecule has 0 bridgehead atoms. The lowest BCUT2D eigenvalue weighted by atomic mass is 9.93. The largest absolute Gasteiger partial charge is 0.507 e. The maximum Gasteiger partial charge on any atom is 0.295 e. The summed E-state index contributed by atoms with van der Waals surface area (Å²) in [6.45, 7) is 10.8. The van der Waals surface area contributed by atoms with Crippen LogP contribution in [0.1, 0.15) is 60.9 Å². The van der Waals surface area contributed by atoms with Gasteiger partial charge in [0.2, 0.25) is 0 Å². The standard InChI is InChI=1S/C32H42N2O6/c1-5-6-7-17-40-26-12-11-24(21-27(26)38-4)29-28(30(35)25-20-22(2)9-10-23(25)3)31(36)32(37)34(29)14-8-13-33-15-18-39-19-16-33/h9-12,20-21,29,35H,5-8,13-19H2,1-4H3. The zero-order valence-electron chi connectivity index (χ0n) is 24.2. The molecule has 4 rings (SSSR count). The van der Waals surface area contributed by atoms with Gasteiger partial charge in [-0.05, 0) is 56.0 Å². The van der Waals surface area contributed by atoms with Crippen molar-refractivity contribution in [3.63, 3.8) is 0 Å². The number of methoxy groups -OCH3 is 1. The molecule has 1 unspecified atom stereocenters. The predicted octanol–water partition coefficient (Wildman–Crippen LogP) is 5.03. The Morgan fingerprint density at radius 2 is 1.77 bits per heavy atom. The fraction of sp³-hybridized carbons (Fsp3) is 0.500. The number of amides is 1. The minimum atomic E-state index is -0.743. The number of carbonyl (C=O) groups excluding carboxylic acids is 2. The van der Waals surface area contributed by atoms with Crippen molar-refractivity contribution in [3.8, 4) is 11.5 Å². The summed E-state index contributed by atoms with van der Waals surface area (Å²) in [5.74, 6) is -0.286. The van der Waals surface area contributed by atoms with E-state index in [0.717, 1.165) is 50.0 Å². The van der Waals surface area contributed by atoms with Gasteiger partial charge in [-0.25, -0.2) is 0 Å². The summed E-state index contributed by atoms with van der Waals surface area (Å²) in [5, 5.41) is 11.5. The van der Waals surface area contributed by atoms with Crippen LogP contribution in [0.4, 0.5) is 0 Å². The Morgan fingerprint density at radius 3 is 2.50 bits per heavy atom. The number of ketones is 1. The van der Waals surface area contributed by atoms with E-state index in [4.69, 9.17) is 14.2 Å². The number of ether oxygens (including phenoxy) is 3. The van der Waals surface area contributed by atoms with Crippen molar-refractivity contribution < 1.29 is 28.9 Å². The van der Waals surface area contributed by atoms with E-state index in [1.54, 1.807) is 12.0 Å². The predicted molar refractivity (Wildman–Crippen MR) is 155 cm³/mol. The molecule has 2 aromatic rings. The number of morpholine rings is 1. The molecule has 2 fully saturated rings. The number of aliphatic hydroxyl groups is 1. The third kappa shape index (κ3) is 6.67. The van der Waals surface area contributed by atoms with Gasteiger partial charge >= 0.3 is 0 Å². The highest BCUT2D eigenvalue weighted by atomic mass is 16.5. The van der Waals surface area contributed by atoms with Crippen molar-refractivity contribution in [1.29, 1.82) is 0 Å². The van der Waals surface area contributed by atoms with Crippen LogP contribution in [0.5, 0.6) is 11.5 Å². The molecule has 1 N–H and O–H groups in total. The van der Waals surface area contributed by atoms with Gasteiger partial charge in [0.05, 0.1) is 38.5 Å². The van der Waals surface area contributed by atoms with Gasteiger partial charge in [0.15, 0.2) is 11.5 Å². The van der Waals surface area contributed by atoms with E-state index in [1.807, 2.05) is 50.2 Å². The average Bonchev–Trinajstić information content (AvgIpc) is 3.22. The minimum Gasteiger partial charge on any atom is -0.507 e. The van der Waals surface area contributed by atoms with Crippen molar-refractivity contribution in [1.82, 2.24) is 9.80 Å².